The molecule has 2 rings (SSSR count). The largest absolute Gasteiger partial charge is 0.363 e. The molecule has 2 aromatic rings. The van der Waals surface area contributed by atoms with Crippen LogP contribution in [0.5, 0.6) is 0 Å². The van der Waals surface area contributed by atoms with Crippen LogP contribution < -0.4 is 5.32 Å². The SMILES string of the molecule is Fc1cnc(NCc2ccc(Br)s2)c(F)c1. The first-order valence-electron chi connectivity index (χ1n) is 4.44. The molecule has 0 radical (unpaired) electrons. The number of halogens is 3. The second-order valence-electron chi connectivity index (χ2n) is 3.04. The lowest BCUT2D eigenvalue weighted by molar-refractivity contribution is 0.575. The summed E-state index contributed by atoms with van der Waals surface area (Å²) in [6.07, 6.45) is 0.982. The van der Waals surface area contributed by atoms with E-state index in [4.69, 9.17) is 0 Å². The molecule has 2 heterocycles. The Labute approximate surface area is 103 Å². The first-order valence-corrected chi connectivity index (χ1v) is 6.05. The standard InChI is InChI=1S/C10H7BrF2N2S/c11-9-2-1-7(16-9)5-15-10-8(13)3-6(12)4-14-10/h1-4H,5H2,(H,14,15). The van der Waals surface area contributed by atoms with Crippen LogP contribution in [-0.4, -0.2) is 4.98 Å². The van der Waals surface area contributed by atoms with Gasteiger partial charge >= 0.3 is 0 Å². The Balaban J connectivity index is 2.04. The van der Waals surface area contributed by atoms with Gasteiger partial charge in [-0.1, -0.05) is 0 Å². The lowest BCUT2D eigenvalue weighted by Crippen LogP contribution is -2.02. The van der Waals surface area contributed by atoms with E-state index in [0.717, 1.165) is 20.9 Å². The molecule has 2 nitrogen and oxygen atoms in total. The Kier molecular flexibility index (Phi) is 3.50. The van der Waals surface area contributed by atoms with Crippen molar-refractivity contribution in [2.24, 2.45) is 0 Å². The number of aromatic nitrogens is 1. The Morgan fingerprint density at radius 1 is 1.38 bits per heavy atom. The molecule has 0 atom stereocenters. The Morgan fingerprint density at radius 3 is 2.81 bits per heavy atom. The van der Waals surface area contributed by atoms with Crippen LogP contribution in [0.2, 0.25) is 0 Å². The maximum atomic E-state index is 13.2. The first kappa shape index (κ1) is 11.5. The maximum absolute atomic E-state index is 13.2. The lowest BCUT2D eigenvalue weighted by Gasteiger charge is -2.04. The van der Waals surface area contributed by atoms with Crippen LogP contribution in [0.15, 0.2) is 28.2 Å². The van der Waals surface area contributed by atoms with E-state index in [9.17, 15) is 8.78 Å². The smallest absolute Gasteiger partial charge is 0.168 e. The molecule has 0 saturated carbocycles. The van der Waals surface area contributed by atoms with E-state index in [0.29, 0.717) is 6.54 Å². The van der Waals surface area contributed by atoms with Crippen LogP contribution in [0.25, 0.3) is 0 Å². The minimum absolute atomic E-state index is 0.0610. The maximum Gasteiger partial charge on any atom is 0.168 e. The van der Waals surface area contributed by atoms with Crippen LogP contribution in [-0.2, 0) is 6.54 Å². The topological polar surface area (TPSA) is 24.9 Å². The van der Waals surface area contributed by atoms with E-state index in [1.54, 1.807) is 11.3 Å². The Morgan fingerprint density at radius 2 is 2.19 bits per heavy atom. The van der Waals surface area contributed by atoms with E-state index in [2.05, 4.69) is 26.2 Å². The second-order valence-corrected chi connectivity index (χ2v) is 5.59. The van der Waals surface area contributed by atoms with Gasteiger partial charge in [-0.15, -0.1) is 11.3 Å². The third-order valence-corrected chi connectivity index (χ3v) is 3.49. The van der Waals surface area contributed by atoms with Gasteiger partial charge in [-0.05, 0) is 28.1 Å². The number of hydrogen-bond donors (Lipinski definition) is 1. The van der Waals surface area contributed by atoms with Gasteiger partial charge in [-0.25, -0.2) is 13.8 Å². The van der Waals surface area contributed by atoms with Gasteiger partial charge in [0.1, 0.15) is 5.82 Å². The summed E-state index contributed by atoms with van der Waals surface area (Å²) in [6, 6.07) is 4.64. The van der Waals surface area contributed by atoms with Crippen molar-refractivity contribution >= 4 is 33.1 Å². The zero-order valence-electron chi connectivity index (χ0n) is 8.01. The highest BCUT2D eigenvalue weighted by Crippen LogP contribution is 2.23. The summed E-state index contributed by atoms with van der Waals surface area (Å²) >= 11 is 4.88. The van der Waals surface area contributed by atoms with Crippen molar-refractivity contribution in [3.8, 4) is 0 Å². The molecule has 0 bridgehead atoms. The molecule has 2 aromatic heterocycles. The third kappa shape index (κ3) is 2.76. The molecule has 0 aliphatic rings. The molecule has 84 valence electrons. The van der Waals surface area contributed by atoms with Crippen LogP contribution >= 0.6 is 27.3 Å². The predicted molar refractivity (Wildman–Crippen MR) is 63.5 cm³/mol. The average Bonchev–Trinajstić information content (AvgIpc) is 2.63. The molecule has 0 aromatic carbocycles. The quantitative estimate of drug-likeness (QED) is 0.933. The summed E-state index contributed by atoms with van der Waals surface area (Å²) in [7, 11) is 0. The summed E-state index contributed by atoms with van der Waals surface area (Å²) in [5.41, 5.74) is 0. The highest BCUT2D eigenvalue weighted by Gasteiger charge is 2.05. The fourth-order valence-corrected chi connectivity index (χ4v) is 2.59. The fraction of sp³-hybridized carbons (Fsp3) is 0.100. The van der Waals surface area contributed by atoms with Gasteiger partial charge in [0.15, 0.2) is 11.6 Å². The summed E-state index contributed by atoms with van der Waals surface area (Å²) in [4.78, 5) is 4.67. The van der Waals surface area contributed by atoms with Crippen molar-refractivity contribution in [2.75, 3.05) is 5.32 Å². The number of hydrogen-bond acceptors (Lipinski definition) is 3. The van der Waals surface area contributed by atoms with Crippen molar-refractivity contribution in [1.29, 1.82) is 0 Å². The number of nitrogens with zero attached hydrogens (tertiary/aromatic N) is 1. The number of thiophene rings is 1. The van der Waals surface area contributed by atoms with E-state index >= 15 is 0 Å². The molecule has 0 aliphatic carbocycles. The van der Waals surface area contributed by atoms with Crippen molar-refractivity contribution in [1.82, 2.24) is 4.98 Å². The van der Waals surface area contributed by atoms with Crippen molar-refractivity contribution in [3.63, 3.8) is 0 Å². The predicted octanol–water partition coefficient (Wildman–Crippen LogP) is 3.80. The molecule has 6 heteroatoms. The lowest BCUT2D eigenvalue weighted by atomic mass is 10.4. The zero-order chi connectivity index (χ0) is 11.5. The van der Waals surface area contributed by atoms with Crippen LogP contribution in [0, 0.1) is 11.6 Å². The second kappa shape index (κ2) is 4.88. The highest BCUT2D eigenvalue weighted by molar-refractivity contribution is 9.11. The third-order valence-electron chi connectivity index (χ3n) is 1.87. The molecule has 16 heavy (non-hydrogen) atoms. The summed E-state index contributed by atoms with van der Waals surface area (Å²) in [6.45, 7) is 0.464. The molecule has 0 amide bonds. The molecule has 1 N–H and O–H groups in total. The minimum Gasteiger partial charge on any atom is -0.363 e. The van der Waals surface area contributed by atoms with Gasteiger partial charge in [0.05, 0.1) is 16.5 Å². The molecule has 0 fully saturated rings. The van der Waals surface area contributed by atoms with Gasteiger partial charge < -0.3 is 5.32 Å². The molecular formula is C10H7BrF2N2S. The number of anilines is 1. The fourth-order valence-electron chi connectivity index (χ4n) is 1.16. The van der Waals surface area contributed by atoms with Gasteiger partial charge in [0.2, 0.25) is 0 Å². The number of pyridine rings is 1. The molecule has 0 unspecified atom stereocenters. The van der Waals surface area contributed by atoms with E-state index in [-0.39, 0.29) is 5.82 Å². The van der Waals surface area contributed by atoms with E-state index in [1.807, 2.05) is 12.1 Å². The van der Waals surface area contributed by atoms with E-state index < -0.39 is 11.6 Å². The van der Waals surface area contributed by atoms with E-state index in [1.165, 1.54) is 0 Å². The molecule has 0 spiro atoms. The monoisotopic (exact) mass is 304 g/mol. The van der Waals surface area contributed by atoms with Crippen molar-refractivity contribution in [3.05, 3.63) is 44.7 Å². The Hall–Kier alpha value is -1.01. The van der Waals surface area contributed by atoms with Crippen LogP contribution in [0.1, 0.15) is 4.88 Å². The van der Waals surface area contributed by atoms with Gasteiger partial charge in [0, 0.05) is 10.9 Å². The molecule has 0 saturated heterocycles. The highest BCUT2D eigenvalue weighted by atomic mass is 79.9. The van der Waals surface area contributed by atoms with Gasteiger partial charge in [-0.2, -0.15) is 0 Å². The zero-order valence-corrected chi connectivity index (χ0v) is 10.4. The number of nitrogens with one attached hydrogen (secondary N) is 1. The van der Waals surface area contributed by atoms with Crippen LogP contribution in [0.4, 0.5) is 14.6 Å². The van der Waals surface area contributed by atoms with Gasteiger partial charge in [-0.3, -0.25) is 0 Å². The van der Waals surface area contributed by atoms with Gasteiger partial charge in [0.25, 0.3) is 0 Å². The Bertz CT molecular complexity index is 501. The van der Waals surface area contributed by atoms with Crippen molar-refractivity contribution in [2.45, 2.75) is 6.54 Å². The summed E-state index contributed by atoms with van der Waals surface area (Å²) in [5.74, 6) is -1.30. The molecular weight excluding hydrogens is 298 g/mol. The normalized spacial score (nSPS) is 10.4. The molecule has 0 aliphatic heterocycles. The summed E-state index contributed by atoms with van der Waals surface area (Å²) in [5, 5.41) is 2.81. The number of rotatable bonds is 3. The first-order chi connectivity index (χ1) is 7.65. The minimum atomic E-state index is -0.685. The summed E-state index contributed by atoms with van der Waals surface area (Å²) < 4.78 is 26.8. The average molecular weight is 305 g/mol. The van der Waals surface area contributed by atoms with Crippen molar-refractivity contribution < 1.29 is 8.78 Å². The van der Waals surface area contributed by atoms with Crippen LogP contribution in [0.3, 0.4) is 0 Å².